The van der Waals surface area contributed by atoms with Crippen molar-refractivity contribution < 1.29 is 17.6 Å². The highest BCUT2D eigenvalue weighted by atomic mass is 32.2. The number of para-hydroxylation sites is 1. The lowest BCUT2D eigenvalue weighted by molar-refractivity contribution is -0.134. The van der Waals surface area contributed by atoms with E-state index in [1.54, 1.807) is 28.0 Å². The molecule has 0 spiro atoms. The maximum Gasteiger partial charge on any atom is 0.243 e. The summed E-state index contributed by atoms with van der Waals surface area (Å²) in [5.74, 6) is -0.652. The zero-order valence-electron chi connectivity index (χ0n) is 18.7. The normalized spacial score (nSPS) is 19.8. The number of aromatic nitrogens is 1. The van der Waals surface area contributed by atoms with Gasteiger partial charge in [0.1, 0.15) is 11.9 Å². The number of carbonyl (C=O) groups is 1. The van der Waals surface area contributed by atoms with Crippen molar-refractivity contribution in [1.29, 1.82) is 0 Å². The molecule has 34 heavy (non-hydrogen) atoms. The molecule has 1 atom stereocenters. The first-order valence-corrected chi connectivity index (χ1v) is 14.6. The highest BCUT2D eigenvalue weighted by molar-refractivity contribution is 7.98. The molecule has 2 aliphatic rings. The van der Waals surface area contributed by atoms with Crippen molar-refractivity contribution in [2.24, 2.45) is 0 Å². The number of sulfonamides is 1. The van der Waals surface area contributed by atoms with Crippen LogP contribution in [0.1, 0.15) is 12.8 Å². The lowest BCUT2D eigenvalue weighted by atomic mass is 10.2. The molecule has 11 heteroatoms. The van der Waals surface area contributed by atoms with Gasteiger partial charge in [0.05, 0.1) is 15.1 Å². The standard InChI is InChI=1S/C23H25FN4O3S3/c1-32-19-5-2-6-20-21(19)25-23(33-20)27-14-12-26(13-15-27)22(29)18-4-3-11-28(18)34(30,31)17-9-7-16(24)8-10-17/h2,5-10,18H,3-4,11-15H2,1H3. The predicted molar refractivity (Wildman–Crippen MR) is 134 cm³/mol. The maximum atomic E-state index is 13.3. The molecule has 0 radical (unpaired) electrons. The molecule has 0 bridgehead atoms. The van der Waals surface area contributed by atoms with Crippen LogP contribution in [-0.2, 0) is 14.8 Å². The number of hydrogen-bond acceptors (Lipinski definition) is 7. The Morgan fingerprint density at radius 2 is 1.82 bits per heavy atom. The molecule has 1 unspecified atom stereocenters. The minimum absolute atomic E-state index is 0.0128. The fraction of sp³-hybridized carbons (Fsp3) is 0.391. The minimum Gasteiger partial charge on any atom is -0.345 e. The minimum atomic E-state index is -3.87. The Labute approximate surface area is 206 Å². The van der Waals surface area contributed by atoms with Crippen LogP contribution in [0.15, 0.2) is 52.3 Å². The zero-order valence-corrected chi connectivity index (χ0v) is 21.1. The van der Waals surface area contributed by atoms with Gasteiger partial charge in [0.25, 0.3) is 0 Å². The Morgan fingerprint density at radius 3 is 2.53 bits per heavy atom. The van der Waals surface area contributed by atoms with Crippen LogP contribution in [0.25, 0.3) is 10.2 Å². The number of rotatable bonds is 5. The zero-order chi connectivity index (χ0) is 23.9. The van der Waals surface area contributed by atoms with Gasteiger partial charge in [-0.1, -0.05) is 17.4 Å². The van der Waals surface area contributed by atoms with E-state index in [1.807, 2.05) is 12.3 Å². The third kappa shape index (κ3) is 4.30. The van der Waals surface area contributed by atoms with Crippen LogP contribution in [0, 0.1) is 5.82 Å². The quantitative estimate of drug-likeness (QED) is 0.478. The molecular weight excluding hydrogens is 495 g/mol. The number of halogens is 1. The first-order valence-electron chi connectivity index (χ1n) is 11.1. The Bertz CT molecular complexity index is 1300. The monoisotopic (exact) mass is 520 g/mol. The lowest BCUT2D eigenvalue weighted by Crippen LogP contribution is -2.54. The van der Waals surface area contributed by atoms with Crippen molar-refractivity contribution in [1.82, 2.24) is 14.2 Å². The van der Waals surface area contributed by atoms with Crippen LogP contribution in [-0.4, -0.2) is 73.5 Å². The fourth-order valence-corrected chi connectivity index (χ4v) is 7.88. The van der Waals surface area contributed by atoms with Gasteiger partial charge in [0.15, 0.2) is 5.13 Å². The van der Waals surface area contributed by atoms with Crippen molar-refractivity contribution in [2.75, 3.05) is 43.9 Å². The second kappa shape index (κ2) is 9.44. The third-order valence-corrected chi connectivity index (χ3v) is 10.1. The third-order valence-electron chi connectivity index (χ3n) is 6.36. The summed E-state index contributed by atoms with van der Waals surface area (Å²) in [7, 11) is -3.87. The van der Waals surface area contributed by atoms with Crippen molar-refractivity contribution in [3.63, 3.8) is 0 Å². The van der Waals surface area contributed by atoms with Crippen molar-refractivity contribution in [2.45, 2.75) is 28.7 Å². The Kier molecular flexibility index (Phi) is 6.54. The van der Waals surface area contributed by atoms with Gasteiger partial charge in [0, 0.05) is 37.6 Å². The molecule has 1 amide bonds. The van der Waals surface area contributed by atoms with Gasteiger partial charge in [-0.15, -0.1) is 11.8 Å². The number of fused-ring (bicyclic) bond motifs is 1. The fourth-order valence-electron chi connectivity index (χ4n) is 4.56. The molecule has 2 saturated heterocycles. The summed E-state index contributed by atoms with van der Waals surface area (Å²) >= 11 is 3.33. The molecule has 5 rings (SSSR count). The molecule has 7 nitrogen and oxygen atoms in total. The van der Waals surface area contributed by atoms with Crippen LogP contribution >= 0.6 is 23.1 Å². The first kappa shape index (κ1) is 23.5. The molecule has 0 aliphatic carbocycles. The van der Waals surface area contributed by atoms with Gasteiger partial charge in [-0.2, -0.15) is 4.31 Å². The number of nitrogens with zero attached hydrogens (tertiary/aromatic N) is 4. The Hall–Kier alpha value is -2.21. The first-order chi connectivity index (χ1) is 16.4. The number of thioether (sulfide) groups is 1. The Morgan fingerprint density at radius 1 is 1.09 bits per heavy atom. The van der Waals surface area contributed by atoms with Crippen LogP contribution in [0.5, 0.6) is 0 Å². The summed E-state index contributed by atoms with van der Waals surface area (Å²) in [5.41, 5.74) is 1.01. The summed E-state index contributed by atoms with van der Waals surface area (Å²) in [6, 6.07) is 10.2. The molecule has 3 aromatic rings. The van der Waals surface area contributed by atoms with Crippen LogP contribution in [0.3, 0.4) is 0 Å². The molecular formula is C23H25FN4O3S3. The number of hydrogen-bond donors (Lipinski definition) is 0. The average Bonchev–Trinajstić information content (AvgIpc) is 3.52. The van der Waals surface area contributed by atoms with Gasteiger partial charge in [-0.05, 0) is 55.5 Å². The van der Waals surface area contributed by atoms with Crippen LogP contribution in [0.2, 0.25) is 0 Å². The van der Waals surface area contributed by atoms with Crippen LogP contribution in [0.4, 0.5) is 9.52 Å². The number of anilines is 1. The summed E-state index contributed by atoms with van der Waals surface area (Å²) in [4.78, 5) is 23.3. The number of thiazole rings is 1. The van der Waals surface area contributed by atoms with E-state index in [-0.39, 0.29) is 10.8 Å². The molecule has 2 aliphatic heterocycles. The highest BCUT2D eigenvalue weighted by Gasteiger charge is 2.41. The number of carbonyl (C=O) groups excluding carboxylic acids is 1. The predicted octanol–water partition coefficient (Wildman–Crippen LogP) is 3.66. The smallest absolute Gasteiger partial charge is 0.243 e. The molecule has 2 aromatic carbocycles. The number of amides is 1. The van der Waals surface area contributed by atoms with Gasteiger partial charge in [-0.25, -0.2) is 17.8 Å². The largest absolute Gasteiger partial charge is 0.345 e. The van der Waals surface area contributed by atoms with E-state index >= 15 is 0 Å². The van der Waals surface area contributed by atoms with E-state index in [2.05, 4.69) is 17.0 Å². The van der Waals surface area contributed by atoms with Gasteiger partial charge in [-0.3, -0.25) is 4.79 Å². The summed E-state index contributed by atoms with van der Waals surface area (Å²) < 4.78 is 42.0. The summed E-state index contributed by atoms with van der Waals surface area (Å²) in [6.45, 7) is 2.63. The van der Waals surface area contributed by atoms with Crippen molar-refractivity contribution in [3.8, 4) is 0 Å². The van der Waals surface area contributed by atoms with Crippen LogP contribution < -0.4 is 4.90 Å². The summed E-state index contributed by atoms with van der Waals surface area (Å²) in [5, 5.41) is 0.949. The average molecular weight is 521 g/mol. The summed E-state index contributed by atoms with van der Waals surface area (Å²) in [6.07, 6.45) is 3.16. The SMILES string of the molecule is CSc1cccc2sc(N3CCN(C(=O)C4CCCN4S(=O)(=O)c4ccc(F)cc4)CC3)nc12. The molecule has 0 N–H and O–H groups in total. The Balaban J connectivity index is 1.28. The van der Waals surface area contributed by atoms with Gasteiger partial charge >= 0.3 is 0 Å². The maximum absolute atomic E-state index is 13.3. The van der Waals surface area contributed by atoms with Crippen molar-refractivity contribution >= 4 is 54.4 Å². The van der Waals surface area contributed by atoms with Gasteiger partial charge < -0.3 is 9.80 Å². The highest BCUT2D eigenvalue weighted by Crippen LogP contribution is 2.34. The van der Waals surface area contributed by atoms with E-state index in [0.29, 0.717) is 45.6 Å². The number of piperazine rings is 1. The second-order valence-corrected chi connectivity index (χ2v) is 12.1. The van der Waals surface area contributed by atoms with Crippen molar-refractivity contribution in [3.05, 3.63) is 48.3 Å². The molecule has 180 valence electrons. The molecule has 0 saturated carbocycles. The topological polar surface area (TPSA) is 73.8 Å². The van der Waals surface area contributed by atoms with E-state index in [4.69, 9.17) is 4.98 Å². The second-order valence-electron chi connectivity index (χ2n) is 8.34. The molecule has 3 heterocycles. The van der Waals surface area contributed by atoms with Gasteiger partial charge in [0.2, 0.25) is 15.9 Å². The molecule has 2 fully saturated rings. The van der Waals surface area contributed by atoms with E-state index in [1.165, 1.54) is 16.4 Å². The van der Waals surface area contributed by atoms with E-state index in [0.717, 1.165) is 32.4 Å². The van der Waals surface area contributed by atoms with E-state index < -0.39 is 21.9 Å². The van der Waals surface area contributed by atoms with E-state index in [9.17, 15) is 17.6 Å². The molecule has 1 aromatic heterocycles. The number of benzene rings is 2. The lowest BCUT2D eigenvalue weighted by Gasteiger charge is -2.37.